The second kappa shape index (κ2) is 8.03. The summed E-state index contributed by atoms with van der Waals surface area (Å²) in [5.74, 6) is -1.02. The van der Waals surface area contributed by atoms with Crippen LogP contribution >= 0.6 is 0 Å². The van der Waals surface area contributed by atoms with E-state index in [1.807, 2.05) is 4.90 Å². The second-order valence-corrected chi connectivity index (χ2v) is 6.68. The molecule has 2 aliphatic rings. The van der Waals surface area contributed by atoms with Crippen LogP contribution in [0.3, 0.4) is 0 Å². The van der Waals surface area contributed by atoms with Gasteiger partial charge in [0.15, 0.2) is 0 Å². The van der Waals surface area contributed by atoms with E-state index in [1.54, 1.807) is 0 Å². The number of piperidine rings is 1. The average Bonchev–Trinajstić information content (AvgIpc) is 3.04. The normalized spacial score (nSPS) is 24.9. The van der Waals surface area contributed by atoms with E-state index >= 15 is 0 Å². The second-order valence-electron chi connectivity index (χ2n) is 6.68. The Morgan fingerprint density at radius 2 is 2.04 bits per heavy atom. The molecule has 3 rings (SSSR count). The predicted octanol–water partition coefficient (Wildman–Crippen LogP) is 2.61. The summed E-state index contributed by atoms with van der Waals surface area (Å²) in [5, 5.41) is 3.04. The van der Waals surface area contributed by atoms with Gasteiger partial charge >= 0.3 is 0 Å². The Morgan fingerprint density at radius 3 is 2.75 bits per heavy atom. The fourth-order valence-electron chi connectivity index (χ4n) is 3.52. The molecule has 1 aromatic rings. The van der Waals surface area contributed by atoms with E-state index in [0.717, 1.165) is 38.8 Å². The molecule has 1 amide bonds. The largest absolute Gasteiger partial charge is 0.378 e. The van der Waals surface area contributed by atoms with Crippen molar-refractivity contribution in [3.63, 3.8) is 0 Å². The van der Waals surface area contributed by atoms with Crippen LogP contribution in [0.25, 0.3) is 0 Å². The van der Waals surface area contributed by atoms with Gasteiger partial charge in [-0.3, -0.25) is 9.69 Å². The van der Waals surface area contributed by atoms with Crippen LogP contribution in [0.4, 0.5) is 8.78 Å². The number of carbonyl (C=O) groups is 1. The SMILES string of the molecule is O=C(C[C@@H]1CCCO1)N[C@@H]1CCCN(Cc2c(F)cccc2F)C1. The first-order valence-electron chi connectivity index (χ1n) is 8.68. The number of likely N-dealkylation sites (tertiary alicyclic amines) is 1. The molecule has 2 saturated heterocycles. The fraction of sp³-hybridized carbons (Fsp3) is 0.611. The number of rotatable bonds is 5. The van der Waals surface area contributed by atoms with Crippen LogP contribution in [-0.2, 0) is 16.1 Å². The highest BCUT2D eigenvalue weighted by molar-refractivity contribution is 5.76. The van der Waals surface area contributed by atoms with Gasteiger partial charge in [-0.1, -0.05) is 6.07 Å². The minimum Gasteiger partial charge on any atom is -0.378 e. The Hall–Kier alpha value is -1.53. The number of amides is 1. The molecule has 2 heterocycles. The summed E-state index contributed by atoms with van der Waals surface area (Å²) in [6.07, 6.45) is 4.20. The lowest BCUT2D eigenvalue weighted by atomic mass is 10.0. The first-order chi connectivity index (χ1) is 11.6. The van der Waals surface area contributed by atoms with Crippen LogP contribution in [0, 0.1) is 11.6 Å². The zero-order valence-electron chi connectivity index (χ0n) is 13.8. The minimum atomic E-state index is -0.514. The van der Waals surface area contributed by atoms with Gasteiger partial charge in [-0.15, -0.1) is 0 Å². The highest BCUT2D eigenvalue weighted by atomic mass is 19.1. The van der Waals surface area contributed by atoms with E-state index in [1.165, 1.54) is 18.2 Å². The lowest BCUT2D eigenvalue weighted by molar-refractivity contribution is -0.124. The Balaban J connectivity index is 1.51. The number of halogens is 2. The van der Waals surface area contributed by atoms with Gasteiger partial charge in [-0.05, 0) is 44.4 Å². The van der Waals surface area contributed by atoms with Crippen molar-refractivity contribution in [2.24, 2.45) is 0 Å². The number of carbonyl (C=O) groups excluding carboxylic acids is 1. The van der Waals surface area contributed by atoms with E-state index in [-0.39, 0.29) is 30.2 Å². The number of benzene rings is 1. The maximum absolute atomic E-state index is 13.8. The number of nitrogens with one attached hydrogen (secondary N) is 1. The van der Waals surface area contributed by atoms with Gasteiger partial charge in [0.25, 0.3) is 0 Å². The summed E-state index contributed by atoms with van der Waals surface area (Å²) in [5.41, 5.74) is 0.101. The molecule has 0 spiro atoms. The fourth-order valence-corrected chi connectivity index (χ4v) is 3.52. The first kappa shape index (κ1) is 17.3. The average molecular weight is 338 g/mol. The molecule has 0 aromatic heterocycles. The Bertz CT molecular complexity index is 556. The van der Waals surface area contributed by atoms with Crippen LogP contribution in [0.1, 0.15) is 37.7 Å². The van der Waals surface area contributed by atoms with E-state index in [0.29, 0.717) is 13.0 Å². The molecule has 4 nitrogen and oxygen atoms in total. The molecule has 1 aromatic carbocycles. The highest BCUT2D eigenvalue weighted by Crippen LogP contribution is 2.19. The number of hydrogen-bond acceptors (Lipinski definition) is 3. The van der Waals surface area contributed by atoms with Crippen molar-refractivity contribution < 1.29 is 18.3 Å². The van der Waals surface area contributed by atoms with Crippen LogP contribution in [0.2, 0.25) is 0 Å². The van der Waals surface area contributed by atoms with Gasteiger partial charge in [0.1, 0.15) is 11.6 Å². The third-order valence-corrected chi connectivity index (χ3v) is 4.75. The van der Waals surface area contributed by atoms with Crippen molar-refractivity contribution in [2.75, 3.05) is 19.7 Å². The van der Waals surface area contributed by atoms with Crippen LogP contribution in [0.15, 0.2) is 18.2 Å². The minimum absolute atomic E-state index is 0.00539. The summed E-state index contributed by atoms with van der Waals surface area (Å²) >= 11 is 0. The molecule has 0 bridgehead atoms. The lowest BCUT2D eigenvalue weighted by Crippen LogP contribution is -2.48. The van der Waals surface area contributed by atoms with Crippen molar-refractivity contribution in [3.05, 3.63) is 35.4 Å². The molecular formula is C18H24F2N2O2. The van der Waals surface area contributed by atoms with Gasteiger partial charge < -0.3 is 10.1 Å². The third kappa shape index (κ3) is 4.51. The third-order valence-electron chi connectivity index (χ3n) is 4.75. The van der Waals surface area contributed by atoms with Crippen LogP contribution < -0.4 is 5.32 Å². The predicted molar refractivity (Wildman–Crippen MR) is 86.4 cm³/mol. The zero-order valence-corrected chi connectivity index (χ0v) is 13.8. The summed E-state index contributed by atoms with van der Waals surface area (Å²) in [6, 6.07) is 3.97. The maximum atomic E-state index is 13.8. The molecule has 0 aliphatic carbocycles. The molecule has 2 atom stereocenters. The van der Waals surface area contributed by atoms with Gasteiger partial charge in [0.2, 0.25) is 5.91 Å². The lowest BCUT2D eigenvalue weighted by Gasteiger charge is -2.33. The number of hydrogen-bond donors (Lipinski definition) is 1. The number of nitrogens with zero attached hydrogens (tertiary/aromatic N) is 1. The molecule has 24 heavy (non-hydrogen) atoms. The number of ether oxygens (including phenoxy) is 1. The summed E-state index contributed by atoms with van der Waals surface area (Å²) in [7, 11) is 0. The van der Waals surface area contributed by atoms with Crippen molar-refractivity contribution in [2.45, 2.75) is 50.8 Å². The van der Waals surface area contributed by atoms with Crippen LogP contribution in [0.5, 0.6) is 0 Å². The molecule has 0 radical (unpaired) electrons. The van der Waals surface area contributed by atoms with Gasteiger partial charge in [0.05, 0.1) is 12.5 Å². The van der Waals surface area contributed by atoms with Crippen molar-refractivity contribution in [3.8, 4) is 0 Å². The van der Waals surface area contributed by atoms with E-state index in [2.05, 4.69) is 5.32 Å². The maximum Gasteiger partial charge on any atom is 0.222 e. The van der Waals surface area contributed by atoms with E-state index in [9.17, 15) is 13.6 Å². The molecule has 1 N–H and O–H groups in total. The van der Waals surface area contributed by atoms with Crippen LogP contribution in [-0.4, -0.2) is 42.6 Å². The van der Waals surface area contributed by atoms with E-state index < -0.39 is 11.6 Å². The quantitative estimate of drug-likeness (QED) is 0.897. The summed E-state index contributed by atoms with van der Waals surface area (Å²) in [4.78, 5) is 14.1. The smallest absolute Gasteiger partial charge is 0.222 e. The molecular weight excluding hydrogens is 314 g/mol. The van der Waals surface area contributed by atoms with Gasteiger partial charge in [0, 0.05) is 31.3 Å². The molecule has 2 fully saturated rings. The Kier molecular flexibility index (Phi) is 5.79. The highest BCUT2D eigenvalue weighted by Gasteiger charge is 2.25. The van der Waals surface area contributed by atoms with Crippen molar-refractivity contribution >= 4 is 5.91 Å². The van der Waals surface area contributed by atoms with Gasteiger partial charge in [-0.2, -0.15) is 0 Å². The van der Waals surface area contributed by atoms with Crippen molar-refractivity contribution in [1.29, 1.82) is 0 Å². The Labute approximate surface area is 141 Å². The molecule has 6 heteroatoms. The standard InChI is InChI=1S/C18H24F2N2O2/c19-16-6-1-7-17(20)15(16)12-22-8-2-4-13(11-22)21-18(23)10-14-5-3-9-24-14/h1,6-7,13-14H,2-5,8-12H2,(H,21,23)/t13-,14+/m1/s1. The first-order valence-corrected chi connectivity index (χ1v) is 8.68. The van der Waals surface area contributed by atoms with E-state index in [4.69, 9.17) is 4.74 Å². The van der Waals surface area contributed by atoms with Crippen molar-refractivity contribution in [1.82, 2.24) is 10.2 Å². The topological polar surface area (TPSA) is 41.6 Å². The van der Waals surface area contributed by atoms with Gasteiger partial charge in [-0.25, -0.2) is 8.78 Å². The molecule has 132 valence electrons. The monoisotopic (exact) mass is 338 g/mol. The zero-order chi connectivity index (χ0) is 16.9. The molecule has 0 saturated carbocycles. The molecule has 2 aliphatic heterocycles. The summed E-state index contributed by atoms with van der Waals surface area (Å²) in [6.45, 7) is 2.37. The summed E-state index contributed by atoms with van der Waals surface area (Å²) < 4.78 is 33.1. The Morgan fingerprint density at radius 1 is 1.25 bits per heavy atom. The molecule has 0 unspecified atom stereocenters.